The molecule has 0 unspecified atom stereocenters. The topological polar surface area (TPSA) is 81.7 Å². The number of hydrogen-bond acceptors (Lipinski definition) is 6. The summed E-state index contributed by atoms with van der Waals surface area (Å²) in [5, 5.41) is 2.40. The van der Waals surface area contributed by atoms with E-state index in [-0.39, 0.29) is 5.12 Å². The summed E-state index contributed by atoms with van der Waals surface area (Å²) in [6, 6.07) is -0.813. The molecule has 1 N–H and O–H groups in total. The normalized spacial score (nSPS) is 12.5. The van der Waals surface area contributed by atoms with E-state index in [1.54, 1.807) is 20.8 Å². The van der Waals surface area contributed by atoms with Crippen LogP contribution in [0.2, 0.25) is 0 Å². The summed E-state index contributed by atoms with van der Waals surface area (Å²) in [6.45, 7) is 6.63. The SMILES string of the molecule is COC(=O)[C@H](CCSC(C)=O)NC(=O)OC(C)(C)C. The molecule has 0 saturated carbocycles. The van der Waals surface area contributed by atoms with Crippen LogP contribution in [0.15, 0.2) is 0 Å². The summed E-state index contributed by atoms with van der Waals surface area (Å²) < 4.78 is 9.66. The van der Waals surface area contributed by atoms with E-state index in [2.05, 4.69) is 10.1 Å². The fraction of sp³-hybridized carbons (Fsp3) is 0.750. The fourth-order valence-corrected chi connectivity index (χ4v) is 1.80. The number of carbonyl (C=O) groups is 3. The first kappa shape index (κ1) is 17.8. The smallest absolute Gasteiger partial charge is 0.408 e. The summed E-state index contributed by atoms with van der Waals surface area (Å²) in [5.41, 5.74) is -0.640. The monoisotopic (exact) mass is 291 g/mol. The maximum atomic E-state index is 11.6. The number of alkyl carbamates (subject to hydrolysis) is 1. The van der Waals surface area contributed by atoms with Gasteiger partial charge >= 0.3 is 12.1 Å². The molecule has 0 fully saturated rings. The van der Waals surface area contributed by atoms with Crippen molar-refractivity contribution in [3.05, 3.63) is 0 Å². The Labute approximate surface area is 117 Å². The van der Waals surface area contributed by atoms with Crippen molar-refractivity contribution < 1.29 is 23.9 Å². The Morgan fingerprint density at radius 1 is 1.26 bits per heavy atom. The third-order valence-corrected chi connectivity index (χ3v) is 2.73. The molecule has 19 heavy (non-hydrogen) atoms. The predicted molar refractivity (Wildman–Crippen MR) is 72.9 cm³/mol. The van der Waals surface area contributed by atoms with Crippen molar-refractivity contribution in [1.82, 2.24) is 5.32 Å². The first-order valence-corrected chi connectivity index (χ1v) is 6.85. The van der Waals surface area contributed by atoms with Gasteiger partial charge in [0.2, 0.25) is 0 Å². The largest absolute Gasteiger partial charge is 0.467 e. The standard InChI is InChI=1S/C12H21NO5S/c1-8(14)19-7-6-9(10(15)17-5)13-11(16)18-12(2,3)4/h9H,6-7H2,1-5H3,(H,13,16)/t9-/m0/s1. The fourth-order valence-electron chi connectivity index (χ4n) is 1.16. The molecule has 110 valence electrons. The van der Waals surface area contributed by atoms with Gasteiger partial charge in [0.15, 0.2) is 5.12 Å². The van der Waals surface area contributed by atoms with Crippen LogP contribution >= 0.6 is 11.8 Å². The van der Waals surface area contributed by atoms with Gasteiger partial charge in [-0.3, -0.25) is 4.79 Å². The molecule has 0 spiro atoms. The molecule has 0 aromatic heterocycles. The lowest BCUT2D eigenvalue weighted by molar-refractivity contribution is -0.143. The Kier molecular flexibility index (Phi) is 7.51. The maximum absolute atomic E-state index is 11.6. The van der Waals surface area contributed by atoms with E-state index in [0.717, 1.165) is 11.8 Å². The van der Waals surface area contributed by atoms with Crippen LogP contribution in [-0.2, 0) is 19.1 Å². The van der Waals surface area contributed by atoms with Gasteiger partial charge in [0.25, 0.3) is 0 Å². The summed E-state index contributed by atoms with van der Waals surface area (Å²) in [6.07, 6.45) is -0.383. The minimum absolute atomic E-state index is 0.0408. The highest BCUT2D eigenvalue weighted by atomic mass is 32.2. The molecule has 0 rings (SSSR count). The predicted octanol–water partition coefficient (Wildman–Crippen LogP) is 1.72. The first-order chi connectivity index (χ1) is 8.65. The summed E-state index contributed by atoms with van der Waals surface area (Å²) in [7, 11) is 1.24. The van der Waals surface area contributed by atoms with Gasteiger partial charge in [-0.25, -0.2) is 9.59 Å². The Balaban J connectivity index is 4.39. The minimum atomic E-state index is -0.813. The van der Waals surface area contributed by atoms with Crippen molar-refractivity contribution in [3.63, 3.8) is 0 Å². The van der Waals surface area contributed by atoms with Crippen LogP contribution in [0.1, 0.15) is 34.1 Å². The lowest BCUT2D eigenvalue weighted by Crippen LogP contribution is -2.44. The number of ether oxygens (including phenoxy) is 2. The van der Waals surface area contributed by atoms with Crippen LogP contribution in [0.25, 0.3) is 0 Å². The van der Waals surface area contributed by atoms with E-state index >= 15 is 0 Å². The van der Waals surface area contributed by atoms with Crippen molar-refractivity contribution in [2.45, 2.75) is 45.8 Å². The third kappa shape index (κ3) is 9.35. The molecule has 1 atom stereocenters. The Morgan fingerprint density at radius 3 is 2.26 bits per heavy atom. The molecule has 7 heteroatoms. The van der Waals surface area contributed by atoms with E-state index < -0.39 is 23.7 Å². The van der Waals surface area contributed by atoms with E-state index in [9.17, 15) is 14.4 Å². The van der Waals surface area contributed by atoms with Crippen LogP contribution < -0.4 is 5.32 Å². The van der Waals surface area contributed by atoms with Gasteiger partial charge in [-0.2, -0.15) is 0 Å². The lowest BCUT2D eigenvalue weighted by Gasteiger charge is -2.22. The van der Waals surface area contributed by atoms with Crippen LogP contribution in [0, 0.1) is 0 Å². The Bertz CT molecular complexity index is 338. The zero-order valence-electron chi connectivity index (χ0n) is 11.9. The van der Waals surface area contributed by atoms with Gasteiger partial charge in [0, 0.05) is 12.7 Å². The number of methoxy groups -OCH3 is 1. The highest BCUT2D eigenvalue weighted by Gasteiger charge is 2.24. The average molecular weight is 291 g/mol. The molecule has 0 aromatic carbocycles. The highest BCUT2D eigenvalue weighted by Crippen LogP contribution is 2.10. The lowest BCUT2D eigenvalue weighted by atomic mass is 10.2. The molecule has 0 heterocycles. The molecular weight excluding hydrogens is 270 g/mol. The molecule has 0 aliphatic rings. The van der Waals surface area contributed by atoms with E-state index in [1.165, 1.54) is 14.0 Å². The molecule has 0 aliphatic heterocycles. The number of nitrogens with one attached hydrogen (secondary N) is 1. The van der Waals surface area contributed by atoms with Crippen molar-refractivity contribution in [1.29, 1.82) is 0 Å². The third-order valence-electron chi connectivity index (χ3n) is 1.89. The zero-order valence-corrected chi connectivity index (χ0v) is 12.8. The molecular formula is C12H21NO5S. The second-order valence-electron chi connectivity index (χ2n) is 4.85. The van der Waals surface area contributed by atoms with Crippen molar-refractivity contribution in [2.24, 2.45) is 0 Å². The van der Waals surface area contributed by atoms with E-state index in [4.69, 9.17) is 4.74 Å². The van der Waals surface area contributed by atoms with Crippen molar-refractivity contribution in [3.8, 4) is 0 Å². The second-order valence-corrected chi connectivity index (χ2v) is 6.12. The number of carbonyl (C=O) groups excluding carboxylic acids is 3. The van der Waals surface area contributed by atoms with Crippen LogP contribution in [-0.4, -0.2) is 41.7 Å². The van der Waals surface area contributed by atoms with Gasteiger partial charge in [-0.1, -0.05) is 11.8 Å². The van der Waals surface area contributed by atoms with Gasteiger partial charge in [0.1, 0.15) is 11.6 Å². The van der Waals surface area contributed by atoms with Gasteiger partial charge in [-0.05, 0) is 27.2 Å². The van der Waals surface area contributed by atoms with Crippen LogP contribution in [0.3, 0.4) is 0 Å². The van der Waals surface area contributed by atoms with Gasteiger partial charge in [0.05, 0.1) is 7.11 Å². The molecule has 0 aliphatic carbocycles. The van der Waals surface area contributed by atoms with E-state index in [1.807, 2.05) is 0 Å². The molecule has 0 bridgehead atoms. The second kappa shape index (κ2) is 8.04. The minimum Gasteiger partial charge on any atom is -0.467 e. The molecule has 0 saturated heterocycles. The first-order valence-electron chi connectivity index (χ1n) is 5.86. The molecule has 6 nitrogen and oxygen atoms in total. The number of thioether (sulfide) groups is 1. The average Bonchev–Trinajstić information content (AvgIpc) is 2.23. The van der Waals surface area contributed by atoms with E-state index in [0.29, 0.717) is 12.2 Å². The Hall–Kier alpha value is -1.24. The van der Waals surface area contributed by atoms with Gasteiger partial charge < -0.3 is 14.8 Å². The summed E-state index contributed by atoms with van der Waals surface area (Å²) >= 11 is 1.09. The van der Waals surface area contributed by atoms with Crippen LogP contribution in [0.5, 0.6) is 0 Å². The number of esters is 1. The quantitative estimate of drug-likeness (QED) is 0.777. The number of amides is 1. The molecule has 1 amide bonds. The van der Waals surface area contributed by atoms with Crippen molar-refractivity contribution in [2.75, 3.05) is 12.9 Å². The summed E-state index contributed by atoms with van der Waals surface area (Å²) in [5.74, 6) is -0.139. The van der Waals surface area contributed by atoms with Gasteiger partial charge in [-0.15, -0.1) is 0 Å². The molecule has 0 aromatic rings. The number of hydrogen-bond donors (Lipinski definition) is 1. The van der Waals surface area contributed by atoms with Crippen LogP contribution in [0.4, 0.5) is 4.79 Å². The van der Waals surface area contributed by atoms with Crippen molar-refractivity contribution >= 4 is 28.9 Å². The summed E-state index contributed by atoms with van der Waals surface area (Å²) in [4.78, 5) is 33.9. The number of rotatable bonds is 5. The molecule has 0 radical (unpaired) electrons. The Morgan fingerprint density at radius 2 is 1.84 bits per heavy atom. The zero-order chi connectivity index (χ0) is 15.1. The highest BCUT2D eigenvalue weighted by molar-refractivity contribution is 8.13. The maximum Gasteiger partial charge on any atom is 0.408 e.